The molecule has 57 heavy (non-hydrogen) atoms. The number of ether oxygens (including phenoxy) is 2. The molecule has 0 saturated carbocycles. The van der Waals surface area contributed by atoms with Crippen LogP contribution in [0.1, 0.15) is 49.9 Å². The van der Waals surface area contributed by atoms with E-state index in [4.69, 9.17) is 9.47 Å². The van der Waals surface area contributed by atoms with E-state index < -0.39 is 0 Å². The third-order valence-corrected chi connectivity index (χ3v) is 10.1. The number of rotatable bonds is 12. The molecular weight excluding hydrogens is 701 g/mol. The Hall–Kier alpha value is -7.30. The Morgan fingerprint density at radius 3 is 1.16 bits per heavy atom. The molecule has 8 aromatic carbocycles. The van der Waals surface area contributed by atoms with Gasteiger partial charge in [-0.2, -0.15) is 0 Å². The molecule has 0 aromatic heterocycles. The summed E-state index contributed by atoms with van der Waals surface area (Å²) >= 11 is 0. The van der Waals surface area contributed by atoms with Gasteiger partial charge in [-0.15, -0.1) is 0 Å². The van der Waals surface area contributed by atoms with Crippen LogP contribution in [-0.4, -0.2) is 11.6 Å². The van der Waals surface area contributed by atoms with E-state index in [1.165, 1.54) is 5.56 Å². The average molecular weight is 741 g/mol. The highest BCUT2D eigenvalue weighted by molar-refractivity contribution is 6.09. The molecule has 0 N–H and O–H groups in total. The SMILES string of the molecule is CCc1ccc(C(=O)c2ccc(Oc3ccc(-c4ccc(Oc5ccc(C(=O)c6ccc(C)cc6)cc5)c(-c5ccccc5)c4)cc3-c3ccccc3)cc2)cc1. The lowest BCUT2D eigenvalue weighted by atomic mass is 9.95. The van der Waals surface area contributed by atoms with Crippen LogP contribution >= 0.6 is 0 Å². The van der Waals surface area contributed by atoms with E-state index in [2.05, 4.69) is 55.5 Å². The number of benzene rings is 8. The first-order valence-corrected chi connectivity index (χ1v) is 19.1. The zero-order chi connectivity index (χ0) is 39.1. The first-order chi connectivity index (χ1) is 27.9. The molecule has 4 nitrogen and oxygen atoms in total. The maximum Gasteiger partial charge on any atom is 0.193 e. The summed E-state index contributed by atoms with van der Waals surface area (Å²) in [6.07, 6.45) is 0.930. The summed E-state index contributed by atoms with van der Waals surface area (Å²) in [5.74, 6) is 2.63. The van der Waals surface area contributed by atoms with E-state index in [1.807, 2.05) is 153 Å². The number of aryl methyl sites for hydroxylation is 2. The molecule has 0 saturated heterocycles. The topological polar surface area (TPSA) is 52.6 Å². The molecule has 0 spiro atoms. The van der Waals surface area contributed by atoms with E-state index in [-0.39, 0.29) is 11.6 Å². The Kier molecular flexibility index (Phi) is 10.7. The average Bonchev–Trinajstić information content (AvgIpc) is 3.27. The molecule has 0 heterocycles. The van der Waals surface area contributed by atoms with Gasteiger partial charge < -0.3 is 9.47 Å². The van der Waals surface area contributed by atoms with E-state index in [1.54, 1.807) is 0 Å². The predicted octanol–water partition coefficient (Wildman–Crippen LogP) is 13.6. The second kappa shape index (κ2) is 16.6. The molecule has 0 radical (unpaired) electrons. The number of carbonyl (C=O) groups is 2. The lowest BCUT2D eigenvalue weighted by Crippen LogP contribution is -2.01. The minimum absolute atomic E-state index is 0.0203. The Bertz CT molecular complexity index is 2640. The molecule has 8 aromatic rings. The summed E-state index contributed by atoms with van der Waals surface area (Å²) in [5, 5.41) is 0. The van der Waals surface area contributed by atoms with E-state index in [9.17, 15) is 9.59 Å². The molecule has 0 aliphatic carbocycles. The van der Waals surface area contributed by atoms with Gasteiger partial charge in [-0.05, 0) is 114 Å². The molecule has 4 heteroatoms. The van der Waals surface area contributed by atoms with Crippen LogP contribution in [-0.2, 0) is 6.42 Å². The van der Waals surface area contributed by atoms with Crippen molar-refractivity contribution in [1.29, 1.82) is 0 Å². The van der Waals surface area contributed by atoms with Gasteiger partial charge in [0.05, 0.1) is 0 Å². The maximum atomic E-state index is 13.2. The highest BCUT2D eigenvalue weighted by atomic mass is 16.5. The van der Waals surface area contributed by atoms with Crippen molar-refractivity contribution in [2.24, 2.45) is 0 Å². The van der Waals surface area contributed by atoms with Gasteiger partial charge >= 0.3 is 0 Å². The third-order valence-electron chi connectivity index (χ3n) is 10.1. The molecule has 0 bridgehead atoms. The highest BCUT2D eigenvalue weighted by Gasteiger charge is 2.16. The second-order valence-electron chi connectivity index (χ2n) is 14.0. The largest absolute Gasteiger partial charge is 0.457 e. The summed E-state index contributed by atoms with van der Waals surface area (Å²) in [6, 6.07) is 62.8. The van der Waals surface area contributed by atoms with Crippen molar-refractivity contribution in [3.8, 4) is 56.4 Å². The molecule has 0 aliphatic rings. The lowest BCUT2D eigenvalue weighted by Gasteiger charge is -2.16. The van der Waals surface area contributed by atoms with Gasteiger partial charge in [0.2, 0.25) is 0 Å². The van der Waals surface area contributed by atoms with Crippen molar-refractivity contribution < 1.29 is 19.1 Å². The quantitative estimate of drug-likeness (QED) is 0.117. The summed E-state index contributed by atoms with van der Waals surface area (Å²) in [6.45, 7) is 4.11. The van der Waals surface area contributed by atoms with Gasteiger partial charge in [0, 0.05) is 33.4 Å². The highest BCUT2D eigenvalue weighted by Crippen LogP contribution is 2.41. The number of carbonyl (C=O) groups excluding carboxylic acids is 2. The second-order valence-corrected chi connectivity index (χ2v) is 14.0. The smallest absolute Gasteiger partial charge is 0.193 e. The fraction of sp³-hybridized carbons (Fsp3) is 0.0566. The number of hydrogen-bond donors (Lipinski definition) is 0. The Labute approximate surface area is 333 Å². The first kappa shape index (κ1) is 36.7. The predicted molar refractivity (Wildman–Crippen MR) is 230 cm³/mol. The zero-order valence-electron chi connectivity index (χ0n) is 31.8. The van der Waals surface area contributed by atoms with Crippen molar-refractivity contribution in [3.05, 3.63) is 228 Å². The van der Waals surface area contributed by atoms with Crippen LogP contribution in [0, 0.1) is 6.92 Å². The van der Waals surface area contributed by atoms with Gasteiger partial charge in [-0.25, -0.2) is 0 Å². The molecule has 0 unspecified atom stereocenters. The normalized spacial score (nSPS) is 10.8. The van der Waals surface area contributed by atoms with Gasteiger partial charge in [0.25, 0.3) is 0 Å². The van der Waals surface area contributed by atoms with Crippen LogP contribution in [0.15, 0.2) is 194 Å². The van der Waals surface area contributed by atoms with Gasteiger partial charge in [0.1, 0.15) is 23.0 Å². The van der Waals surface area contributed by atoms with Crippen molar-refractivity contribution in [2.45, 2.75) is 20.3 Å². The van der Waals surface area contributed by atoms with Crippen molar-refractivity contribution in [1.82, 2.24) is 0 Å². The standard InChI is InChI=1S/C53H40O4/c1-3-37-16-20-41(21-17-37)53(55)43-24-30-47(31-25-43)57-51-33-27-45(35-49(51)39-12-8-5-9-13-39)44-26-32-50(48(34-44)38-10-6-4-7-11-38)56-46-28-22-42(23-29-46)52(54)40-18-14-36(2)15-19-40/h4-35H,3H2,1-2H3. The van der Waals surface area contributed by atoms with Gasteiger partial charge in [-0.3, -0.25) is 9.59 Å². The Morgan fingerprint density at radius 1 is 0.404 bits per heavy atom. The Morgan fingerprint density at radius 2 is 0.772 bits per heavy atom. The molecule has 0 amide bonds. The number of ketones is 2. The molecule has 0 atom stereocenters. The van der Waals surface area contributed by atoms with Gasteiger partial charge in [0.15, 0.2) is 11.6 Å². The molecule has 0 aliphatic heterocycles. The molecule has 276 valence electrons. The van der Waals surface area contributed by atoms with Crippen molar-refractivity contribution in [3.63, 3.8) is 0 Å². The zero-order valence-corrected chi connectivity index (χ0v) is 31.8. The minimum atomic E-state index is -0.0271. The first-order valence-electron chi connectivity index (χ1n) is 19.1. The van der Waals surface area contributed by atoms with E-state index in [0.717, 1.165) is 45.4 Å². The molecule has 0 fully saturated rings. The molecule has 8 rings (SSSR count). The van der Waals surface area contributed by atoms with Crippen molar-refractivity contribution >= 4 is 11.6 Å². The summed E-state index contributed by atoms with van der Waals surface area (Å²) < 4.78 is 13.0. The van der Waals surface area contributed by atoms with Crippen LogP contribution in [0.25, 0.3) is 33.4 Å². The van der Waals surface area contributed by atoms with Crippen LogP contribution in [0.2, 0.25) is 0 Å². The summed E-state index contributed by atoms with van der Waals surface area (Å²) in [7, 11) is 0. The fourth-order valence-corrected chi connectivity index (χ4v) is 6.82. The van der Waals surface area contributed by atoms with Crippen molar-refractivity contribution in [2.75, 3.05) is 0 Å². The van der Waals surface area contributed by atoms with Crippen LogP contribution in [0.4, 0.5) is 0 Å². The monoisotopic (exact) mass is 740 g/mol. The van der Waals surface area contributed by atoms with Crippen LogP contribution in [0.5, 0.6) is 23.0 Å². The maximum absolute atomic E-state index is 13.2. The summed E-state index contributed by atoms with van der Waals surface area (Å²) in [4.78, 5) is 26.3. The third kappa shape index (κ3) is 8.36. The van der Waals surface area contributed by atoms with E-state index in [0.29, 0.717) is 45.3 Å². The fourth-order valence-electron chi connectivity index (χ4n) is 6.82. The van der Waals surface area contributed by atoms with E-state index >= 15 is 0 Å². The van der Waals surface area contributed by atoms with Crippen LogP contribution < -0.4 is 9.47 Å². The summed E-state index contributed by atoms with van der Waals surface area (Å²) in [5.41, 5.74) is 10.8. The Balaban J connectivity index is 1.08. The van der Waals surface area contributed by atoms with Gasteiger partial charge in [-0.1, -0.05) is 134 Å². The number of hydrogen-bond acceptors (Lipinski definition) is 4. The molecular formula is C53H40O4. The minimum Gasteiger partial charge on any atom is -0.457 e. The van der Waals surface area contributed by atoms with Crippen LogP contribution in [0.3, 0.4) is 0 Å². The lowest BCUT2D eigenvalue weighted by molar-refractivity contribution is 0.103.